The average Bonchev–Trinajstić information content (AvgIpc) is 2.81. The van der Waals surface area contributed by atoms with Crippen molar-refractivity contribution >= 4 is 0 Å². The summed E-state index contributed by atoms with van der Waals surface area (Å²) < 4.78 is 2.19. The van der Waals surface area contributed by atoms with Gasteiger partial charge in [0, 0.05) is 17.8 Å². The van der Waals surface area contributed by atoms with Crippen LogP contribution in [-0.4, -0.2) is 22.9 Å². The molecule has 2 aromatic rings. The van der Waals surface area contributed by atoms with E-state index in [2.05, 4.69) is 53.2 Å². The van der Waals surface area contributed by atoms with Gasteiger partial charge in [0.15, 0.2) is 0 Å². The molecule has 1 aliphatic heterocycles. The molecule has 1 aromatic carbocycles. The molecule has 0 spiro atoms. The second-order valence-electron chi connectivity index (χ2n) is 5.89. The van der Waals surface area contributed by atoms with E-state index in [1.165, 1.54) is 35.2 Å². The maximum atomic E-state index is 4.61. The normalized spacial score (nSPS) is 16.5. The summed E-state index contributed by atoms with van der Waals surface area (Å²) in [6, 6.07) is 8.66. The quantitative estimate of drug-likeness (QED) is 0.927. The van der Waals surface area contributed by atoms with Crippen LogP contribution in [0, 0.1) is 19.8 Å². The highest BCUT2D eigenvalue weighted by Gasteiger charge is 2.16. The number of rotatable bonds is 3. The molecule has 20 heavy (non-hydrogen) atoms. The Morgan fingerprint density at radius 1 is 1.25 bits per heavy atom. The fraction of sp³-hybridized carbons (Fsp3) is 0.471. The van der Waals surface area contributed by atoms with Gasteiger partial charge in [-0.3, -0.25) is 4.68 Å². The highest BCUT2D eigenvalue weighted by molar-refractivity contribution is 5.65. The predicted molar refractivity (Wildman–Crippen MR) is 82.7 cm³/mol. The summed E-state index contributed by atoms with van der Waals surface area (Å²) in [7, 11) is 0. The molecule has 1 aromatic heterocycles. The molecule has 3 heteroatoms. The molecule has 0 radical (unpaired) electrons. The Hall–Kier alpha value is -1.61. The van der Waals surface area contributed by atoms with Gasteiger partial charge in [-0.05, 0) is 51.3 Å². The van der Waals surface area contributed by atoms with Crippen molar-refractivity contribution in [2.45, 2.75) is 33.2 Å². The molecule has 0 saturated carbocycles. The van der Waals surface area contributed by atoms with Crippen molar-refractivity contribution in [2.75, 3.05) is 13.1 Å². The minimum atomic E-state index is 0.764. The van der Waals surface area contributed by atoms with Gasteiger partial charge in [0.2, 0.25) is 0 Å². The fourth-order valence-corrected chi connectivity index (χ4v) is 3.04. The molecule has 0 amide bonds. The van der Waals surface area contributed by atoms with E-state index < -0.39 is 0 Å². The lowest BCUT2D eigenvalue weighted by atomic mass is 9.98. The molecule has 106 valence electrons. The first-order valence-electron chi connectivity index (χ1n) is 7.54. The first kappa shape index (κ1) is 13.4. The van der Waals surface area contributed by atoms with Gasteiger partial charge in [0.25, 0.3) is 0 Å². The van der Waals surface area contributed by atoms with E-state index in [0.29, 0.717) is 0 Å². The summed E-state index contributed by atoms with van der Waals surface area (Å²) in [4.78, 5) is 0. The SMILES string of the molecule is Cc1cccc(-c2cnn(CC3CCNCC3)c2C)c1. The van der Waals surface area contributed by atoms with Crippen LogP contribution < -0.4 is 5.32 Å². The molecule has 0 aliphatic carbocycles. The summed E-state index contributed by atoms with van der Waals surface area (Å²) in [6.45, 7) is 7.68. The van der Waals surface area contributed by atoms with Crippen LogP contribution in [0.25, 0.3) is 11.1 Å². The lowest BCUT2D eigenvalue weighted by molar-refractivity contribution is 0.319. The molecular formula is C17H23N3. The van der Waals surface area contributed by atoms with Crippen molar-refractivity contribution in [1.82, 2.24) is 15.1 Å². The van der Waals surface area contributed by atoms with Crippen LogP contribution in [0.1, 0.15) is 24.1 Å². The van der Waals surface area contributed by atoms with Crippen LogP contribution >= 0.6 is 0 Å². The van der Waals surface area contributed by atoms with Crippen LogP contribution in [0.3, 0.4) is 0 Å². The smallest absolute Gasteiger partial charge is 0.0571 e. The Kier molecular flexibility index (Phi) is 3.88. The largest absolute Gasteiger partial charge is 0.317 e. The number of hydrogen-bond donors (Lipinski definition) is 1. The molecule has 0 unspecified atom stereocenters. The van der Waals surface area contributed by atoms with Crippen molar-refractivity contribution < 1.29 is 0 Å². The number of benzene rings is 1. The van der Waals surface area contributed by atoms with E-state index in [-0.39, 0.29) is 0 Å². The van der Waals surface area contributed by atoms with Gasteiger partial charge in [0.05, 0.1) is 6.20 Å². The summed E-state index contributed by atoms with van der Waals surface area (Å²) >= 11 is 0. The fourth-order valence-electron chi connectivity index (χ4n) is 3.04. The van der Waals surface area contributed by atoms with E-state index in [1.807, 2.05) is 6.20 Å². The predicted octanol–water partition coefficient (Wildman–Crippen LogP) is 3.17. The van der Waals surface area contributed by atoms with E-state index >= 15 is 0 Å². The lowest BCUT2D eigenvalue weighted by Crippen LogP contribution is -2.30. The Morgan fingerprint density at radius 3 is 2.80 bits per heavy atom. The maximum absolute atomic E-state index is 4.61. The maximum Gasteiger partial charge on any atom is 0.0571 e. The third-order valence-corrected chi connectivity index (χ3v) is 4.32. The molecule has 1 fully saturated rings. The van der Waals surface area contributed by atoms with Crippen molar-refractivity contribution in [3.05, 3.63) is 41.7 Å². The number of nitrogens with one attached hydrogen (secondary N) is 1. The number of hydrogen-bond acceptors (Lipinski definition) is 2. The van der Waals surface area contributed by atoms with Crippen molar-refractivity contribution in [3.8, 4) is 11.1 Å². The zero-order valence-electron chi connectivity index (χ0n) is 12.4. The Balaban J connectivity index is 1.81. The van der Waals surface area contributed by atoms with Crippen LogP contribution in [-0.2, 0) is 6.54 Å². The van der Waals surface area contributed by atoms with E-state index in [9.17, 15) is 0 Å². The molecule has 3 rings (SSSR count). The van der Waals surface area contributed by atoms with Gasteiger partial charge in [-0.2, -0.15) is 5.10 Å². The summed E-state index contributed by atoms with van der Waals surface area (Å²) in [5, 5.41) is 8.03. The van der Waals surface area contributed by atoms with Crippen LogP contribution in [0.5, 0.6) is 0 Å². The Labute approximate surface area is 121 Å². The number of nitrogens with zero attached hydrogens (tertiary/aromatic N) is 2. The average molecular weight is 269 g/mol. The molecule has 1 aliphatic rings. The van der Waals surface area contributed by atoms with Crippen LogP contribution in [0.2, 0.25) is 0 Å². The minimum absolute atomic E-state index is 0.764. The zero-order chi connectivity index (χ0) is 13.9. The molecule has 1 N–H and O–H groups in total. The van der Waals surface area contributed by atoms with Gasteiger partial charge < -0.3 is 5.32 Å². The second kappa shape index (κ2) is 5.80. The number of piperidine rings is 1. The third kappa shape index (κ3) is 2.78. The highest BCUT2D eigenvalue weighted by Crippen LogP contribution is 2.25. The summed E-state index contributed by atoms with van der Waals surface area (Å²) in [5.74, 6) is 0.764. The first-order valence-corrected chi connectivity index (χ1v) is 7.54. The van der Waals surface area contributed by atoms with Gasteiger partial charge in [-0.25, -0.2) is 0 Å². The van der Waals surface area contributed by atoms with Crippen LogP contribution in [0.4, 0.5) is 0 Å². The van der Waals surface area contributed by atoms with Crippen molar-refractivity contribution in [2.24, 2.45) is 5.92 Å². The molecule has 3 nitrogen and oxygen atoms in total. The second-order valence-corrected chi connectivity index (χ2v) is 5.89. The molecular weight excluding hydrogens is 246 g/mol. The molecule has 1 saturated heterocycles. The Morgan fingerprint density at radius 2 is 2.05 bits per heavy atom. The van der Waals surface area contributed by atoms with E-state index in [4.69, 9.17) is 0 Å². The minimum Gasteiger partial charge on any atom is -0.317 e. The topological polar surface area (TPSA) is 29.9 Å². The van der Waals surface area contributed by atoms with Crippen LogP contribution in [0.15, 0.2) is 30.5 Å². The molecule has 2 heterocycles. The first-order chi connectivity index (χ1) is 9.74. The van der Waals surface area contributed by atoms with Gasteiger partial charge in [-0.15, -0.1) is 0 Å². The standard InChI is InChI=1S/C17H23N3/c1-13-4-3-5-16(10-13)17-11-19-20(14(17)2)12-15-6-8-18-9-7-15/h3-5,10-11,15,18H,6-9,12H2,1-2H3. The van der Waals surface area contributed by atoms with Gasteiger partial charge in [0.1, 0.15) is 0 Å². The van der Waals surface area contributed by atoms with E-state index in [1.54, 1.807) is 0 Å². The Bertz CT molecular complexity index is 580. The summed E-state index contributed by atoms with van der Waals surface area (Å²) in [6.07, 6.45) is 4.54. The van der Waals surface area contributed by atoms with Crippen molar-refractivity contribution in [1.29, 1.82) is 0 Å². The third-order valence-electron chi connectivity index (χ3n) is 4.32. The molecule has 0 atom stereocenters. The number of aromatic nitrogens is 2. The van der Waals surface area contributed by atoms with E-state index in [0.717, 1.165) is 25.6 Å². The summed E-state index contributed by atoms with van der Waals surface area (Å²) in [5.41, 5.74) is 5.13. The number of aryl methyl sites for hydroxylation is 1. The van der Waals surface area contributed by atoms with Crippen molar-refractivity contribution in [3.63, 3.8) is 0 Å². The molecule has 0 bridgehead atoms. The van der Waals surface area contributed by atoms with Gasteiger partial charge in [-0.1, -0.05) is 29.8 Å². The monoisotopic (exact) mass is 269 g/mol. The highest BCUT2D eigenvalue weighted by atomic mass is 15.3. The van der Waals surface area contributed by atoms with Gasteiger partial charge >= 0.3 is 0 Å². The lowest BCUT2D eigenvalue weighted by Gasteiger charge is -2.23. The zero-order valence-corrected chi connectivity index (χ0v) is 12.4.